The van der Waals surface area contributed by atoms with Gasteiger partial charge in [-0.15, -0.1) is 0 Å². The highest BCUT2D eigenvalue weighted by Crippen LogP contribution is 2.22. The second kappa shape index (κ2) is 9.47. The Hall–Kier alpha value is -1.82. The van der Waals surface area contributed by atoms with Gasteiger partial charge in [0.15, 0.2) is 0 Å². The lowest BCUT2D eigenvalue weighted by atomic mass is 10.2. The normalized spacial score (nSPS) is 11.3. The fourth-order valence-electron chi connectivity index (χ4n) is 2.26. The fraction of sp³-hybridized carbons (Fsp3) is 0.588. The van der Waals surface area contributed by atoms with Crippen LogP contribution in [0.1, 0.15) is 39.0 Å². The first-order valence-corrected chi connectivity index (χ1v) is 8.64. The van der Waals surface area contributed by atoms with Crippen molar-refractivity contribution >= 4 is 29.5 Å². The molecule has 0 aliphatic carbocycles. The van der Waals surface area contributed by atoms with Gasteiger partial charge >= 0.3 is 0 Å². The van der Waals surface area contributed by atoms with Crippen LogP contribution >= 0.6 is 11.6 Å². The van der Waals surface area contributed by atoms with E-state index < -0.39 is 0 Å². The van der Waals surface area contributed by atoms with E-state index >= 15 is 0 Å². The molecule has 6 nitrogen and oxygen atoms in total. The molecule has 1 heterocycles. The number of amides is 2. The number of likely N-dealkylation sites (N-methyl/N-ethyl adjacent to an activating group) is 2. The number of nitrogens with zero attached hydrogens (tertiary/aromatic N) is 3. The molecule has 0 saturated carbocycles. The van der Waals surface area contributed by atoms with Crippen molar-refractivity contribution in [2.75, 3.05) is 19.6 Å². The molecular weight excluding hydrogens is 328 g/mol. The number of nitrogens with one attached hydrogen (secondary N) is 1. The molecule has 0 aliphatic rings. The van der Waals surface area contributed by atoms with Gasteiger partial charge in [0.25, 0.3) is 0 Å². The van der Waals surface area contributed by atoms with E-state index in [1.807, 2.05) is 20.8 Å². The molecule has 1 rings (SSSR count). The number of aromatic nitrogens is 2. The molecule has 0 bridgehead atoms. The summed E-state index contributed by atoms with van der Waals surface area (Å²) in [5.41, 5.74) is 1.51. The number of hydrogen-bond donors (Lipinski definition) is 1. The number of hydrogen-bond acceptors (Lipinski definition) is 3. The van der Waals surface area contributed by atoms with Gasteiger partial charge < -0.3 is 10.2 Å². The van der Waals surface area contributed by atoms with Gasteiger partial charge in [0.2, 0.25) is 11.8 Å². The minimum atomic E-state index is -0.226. The van der Waals surface area contributed by atoms with E-state index in [0.29, 0.717) is 24.2 Å². The zero-order chi connectivity index (χ0) is 18.3. The van der Waals surface area contributed by atoms with Crippen molar-refractivity contribution in [1.29, 1.82) is 0 Å². The largest absolute Gasteiger partial charge is 0.355 e. The van der Waals surface area contributed by atoms with Gasteiger partial charge in [0, 0.05) is 31.3 Å². The SMILES string of the molecule is CCNC(=O)CN(CC)C(=O)C=Cc1c(C)nn(CC(C)C)c1Cl. The van der Waals surface area contributed by atoms with E-state index in [4.69, 9.17) is 11.6 Å². The molecule has 0 aromatic carbocycles. The maximum atomic E-state index is 12.3. The molecule has 0 unspecified atom stereocenters. The summed E-state index contributed by atoms with van der Waals surface area (Å²) in [7, 11) is 0. The zero-order valence-electron chi connectivity index (χ0n) is 15.1. The summed E-state index contributed by atoms with van der Waals surface area (Å²) in [6.07, 6.45) is 3.11. The van der Waals surface area contributed by atoms with Crippen LogP contribution in [-0.2, 0) is 16.1 Å². The molecule has 0 radical (unpaired) electrons. The highest BCUT2D eigenvalue weighted by atomic mass is 35.5. The van der Waals surface area contributed by atoms with Crippen LogP contribution in [0.15, 0.2) is 6.08 Å². The highest BCUT2D eigenvalue weighted by Gasteiger charge is 2.15. The Morgan fingerprint density at radius 3 is 2.58 bits per heavy atom. The molecular formula is C17H27ClN4O2. The van der Waals surface area contributed by atoms with E-state index in [0.717, 1.165) is 17.8 Å². The molecule has 0 fully saturated rings. The number of aryl methyl sites for hydroxylation is 1. The Morgan fingerprint density at radius 2 is 2.04 bits per heavy atom. The zero-order valence-corrected chi connectivity index (χ0v) is 15.9. The number of halogens is 1. The second-order valence-corrected chi connectivity index (χ2v) is 6.36. The predicted octanol–water partition coefficient (Wildman–Crippen LogP) is 2.50. The molecule has 1 aromatic heterocycles. The summed E-state index contributed by atoms with van der Waals surface area (Å²) in [4.78, 5) is 25.4. The molecule has 1 aromatic rings. The summed E-state index contributed by atoms with van der Waals surface area (Å²) in [5, 5.41) is 7.62. The Balaban J connectivity index is 2.85. The van der Waals surface area contributed by atoms with E-state index in [-0.39, 0.29) is 18.4 Å². The maximum Gasteiger partial charge on any atom is 0.247 e. The third-order valence-electron chi connectivity index (χ3n) is 3.44. The van der Waals surface area contributed by atoms with Crippen LogP contribution in [-0.4, -0.2) is 46.1 Å². The third kappa shape index (κ3) is 5.67. The topological polar surface area (TPSA) is 67.2 Å². The Kier molecular flexibility index (Phi) is 7.98. The van der Waals surface area contributed by atoms with E-state index in [9.17, 15) is 9.59 Å². The summed E-state index contributed by atoms with van der Waals surface area (Å²) in [6, 6.07) is 0. The molecule has 24 heavy (non-hydrogen) atoms. The van der Waals surface area contributed by atoms with Crippen molar-refractivity contribution in [3.8, 4) is 0 Å². The van der Waals surface area contributed by atoms with E-state index in [1.54, 1.807) is 10.8 Å². The van der Waals surface area contributed by atoms with Crippen molar-refractivity contribution in [1.82, 2.24) is 20.0 Å². The van der Waals surface area contributed by atoms with Crippen molar-refractivity contribution in [3.05, 3.63) is 22.5 Å². The van der Waals surface area contributed by atoms with Gasteiger partial charge in [-0.25, -0.2) is 0 Å². The van der Waals surface area contributed by atoms with Crippen LogP contribution in [0.25, 0.3) is 6.08 Å². The first kappa shape index (κ1) is 20.2. The van der Waals surface area contributed by atoms with Crippen LogP contribution in [0.3, 0.4) is 0 Å². The van der Waals surface area contributed by atoms with Gasteiger partial charge in [-0.3, -0.25) is 14.3 Å². The monoisotopic (exact) mass is 354 g/mol. The minimum absolute atomic E-state index is 0.0485. The second-order valence-electron chi connectivity index (χ2n) is 6.01. The molecule has 2 amide bonds. The lowest BCUT2D eigenvalue weighted by molar-refractivity contribution is -0.132. The Labute approximate surface area is 148 Å². The summed E-state index contributed by atoms with van der Waals surface area (Å²) in [5.74, 6) is 0.0313. The summed E-state index contributed by atoms with van der Waals surface area (Å²) < 4.78 is 1.75. The fourth-order valence-corrected chi connectivity index (χ4v) is 2.56. The van der Waals surface area contributed by atoms with Crippen LogP contribution in [0.5, 0.6) is 0 Å². The van der Waals surface area contributed by atoms with Crippen LogP contribution in [0.4, 0.5) is 0 Å². The van der Waals surface area contributed by atoms with Crippen molar-refractivity contribution < 1.29 is 9.59 Å². The molecule has 1 N–H and O–H groups in total. The summed E-state index contributed by atoms with van der Waals surface area (Å²) in [6.45, 7) is 11.5. The van der Waals surface area contributed by atoms with E-state index in [1.165, 1.54) is 11.0 Å². The molecule has 134 valence electrons. The van der Waals surface area contributed by atoms with E-state index in [2.05, 4.69) is 24.3 Å². The Morgan fingerprint density at radius 1 is 1.38 bits per heavy atom. The third-order valence-corrected chi connectivity index (χ3v) is 3.84. The maximum absolute atomic E-state index is 12.3. The van der Waals surface area contributed by atoms with Gasteiger partial charge in [0.05, 0.1) is 12.2 Å². The minimum Gasteiger partial charge on any atom is -0.355 e. The molecule has 0 atom stereocenters. The van der Waals surface area contributed by atoms with Gasteiger partial charge in [-0.05, 0) is 32.8 Å². The summed E-state index contributed by atoms with van der Waals surface area (Å²) >= 11 is 6.36. The highest BCUT2D eigenvalue weighted by molar-refractivity contribution is 6.31. The van der Waals surface area contributed by atoms with Gasteiger partial charge in [-0.1, -0.05) is 25.4 Å². The first-order valence-electron chi connectivity index (χ1n) is 8.26. The molecule has 0 saturated heterocycles. The van der Waals surface area contributed by atoms with Crippen LogP contribution < -0.4 is 5.32 Å². The molecule has 0 spiro atoms. The first-order chi connectivity index (χ1) is 11.3. The van der Waals surface area contributed by atoms with Crippen LogP contribution in [0.2, 0.25) is 5.15 Å². The van der Waals surface area contributed by atoms with Gasteiger partial charge in [-0.2, -0.15) is 5.10 Å². The number of carbonyl (C=O) groups is 2. The predicted molar refractivity (Wildman–Crippen MR) is 96.8 cm³/mol. The lowest BCUT2D eigenvalue weighted by Gasteiger charge is -2.18. The molecule has 7 heteroatoms. The Bertz CT molecular complexity index is 608. The quantitative estimate of drug-likeness (QED) is 0.729. The number of carbonyl (C=O) groups excluding carboxylic acids is 2. The van der Waals surface area contributed by atoms with Crippen molar-refractivity contribution in [2.45, 2.75) is 41.2 Å². The average Bonchev–Trinajstić information content (AvgIpc) is 2.76. The van der Waals surface area contributed by atoms with Gasteiger partial charge in [0.1, 0.15) is 5.15 Å². The van der Waals surface area contributed by atoms with Crippen molar-refractivity contribution in [2.24, 2.45) is 5.92 Å². The van der Waals surface area contributed by atoms with Crippen LogP contribution in [0, 0.1) is 12.8 Å². The lowest BCUT2D eigenvalue weighted by Crippen LogP contribution is -2.39. The van der Waals surface area contributed by atoms with Crippen molar-refractivity contribution in [3.63, 3.8) is 0 Å². The smallest absolute Gasteiger partial charge is 0.247 e. The molecule has 0 aliphatic heterocycles. The average molecular weight is 355 g/mol. The standard InChI is InChI=1S/C17H27ClN4O2/c1-6-19-15(23)11-21(7-2)16(24)9-8-14-13(5)20-22(17(14)18)10-12(3)4/h8-9,12H,6-7,10-11H2,1-5H3,(H,19,23). The number of rotatable bonds is 8.